The van der Waals surface area contributed by atoms with Crippen LogP contribution in [-0.2, 0) is 25.7 Å². The van der Waals surface area contributed by atoms with Gasteiger partial charge in [0.15, 0.2) is 0 Å². The maximum Gasteiger partial charge on any atom is 0.255 e. The number of nitrogens with one attached hydrogen (secondary N) is 2. The van der Waals surface area contributed by atoms with Gasteiger partial charge in [0, 0.05) is 60.4 Å². The molecule has 0 bridgehead atoms. The molecule has 13 nitrogen and oxygen atoms in total. The van der Waals surface area contributed by atoms with Crippen LogP contribution in [0.2, 0.25) is 0 Å². The Labute approximate surface area is 226 Å². The highest BCUT2D eigenvalue weighted by molar-refractivity contribution is 6.07. The number of ether oxygens (including phenoxy) is 1. The molecule has 4 aliphatic rings. The molecule has 4 aliphatic heterocycles. The molecule has 4 heterocycles. The number of piperidine rings is 2. The first kappa shape index (κ1) is 27.1. The topological polar surface area (TPSA) is 160 Å². The fourth-order valence-electron chi connectivity index (χ4n) is 5.73. The van der Waals surface area contributed by atoms with Gasteiger partial charge >= 0.3 is 0 Å². The summed E-state index contributed by atoms with van der Waals surface area (Å²) in [5, 5.41) is 9.11. The molecular weight excluding hydrogens is 504 g/mol. The summed E-state index contributed by atoms with van der Waals surface area (Å²) in [6, 6.07) is 4.36. The summed E-state index contributed by atoms with van der Waals surface area (Å²) in [4.78, 5) is 58.8. The highest BCUT2D eigenvalue weighted by Crippen LogP contribution is 2.33. The van der Waals surface area contributed by atoms with Gasteiger partial charge in [-0.25, -0.2) is 0 Å². The van der Waals surface area contributed by atoms with Crippen LogP contribution in [0.4, 0.5) is 5.69 Å². The third-order valence-corrected chi connectivity index (χ3v) is 8.12. The lowest BCUT2D eigenvalue weighted by Gasteiger charge is -2.39. The van der Waals surface area contributed by atoms with Crippen molar-refractivity contribution in [3.63, 3.8) is 0 Å². The molecule has 4 amide bonds. The van der Waals surface area contributed by atoms with Gasteiger partial charge in [-0.2, -0.15) is 0 Å². The summed E-state index contributed by atoms with van der Waals surface area (Å²) in [6.07, 6.45) is 2.99. The third kappa shape index (κ3) is 6.06. The molecule has 208 valence electrons. The smallest absolute Gasteiger partial charge is 0.255 e. The minimum Gasteiger partial charge on any atom is -0.379 e. The van der Waals surface area contributed by atoms with E-state index in [1.54, 1.807) is 18.2 Å². The molecule has 13 heteroatoms. The number of rotatable bonds is 10. The van der Waals surface area contributed by atoms with Crippen LogP contribution >= 0.6 is 0 Å². The molecule has 1 aromatic rings. The van der Waals surface area contributed by atoms with Crippen LogP contribution in [0, 0.1) is 0 Å². The number of hydrogen-bond acceptors (Lipinski definition) is 8. The Morgan fingerprint density at radius 3 is 2.62 bits per heavy atom. The van der Waals surface area contributed by atoms with E-state index < -0.39 is 11.9 Å². The molecule has 0 aromatic heterocycles. The van der Waals surface area contributed by atoms with Crippen molar-refractivity contribution in [2.75, 3.05) is 51.3 Å². The van der Waals surface area contributed by atoms with Crippen LogP contribution in [0.15, 0.2) is 23.3 Å². The number of fused-ring (bicyclic) bond motifs is 1. The maximum atomic E-state index is 13.1. The number of hydrogen-bond donors (Lipinski definition) is 2. The first-order valence-corrected chi connectivity index (χ1v) is 13.6. The minimum atomic E-state index is -0.696. The Bertz CT molecular complexity index is 1180. The number of likely N-dealkylation sites (tertiary alicyclic amines) is 2. The van der Waals surface area contributed by atoms with Gasteiger partial charge in [-0.1, -0.05) is 11.2 Å². The van der Waals surface area contributed by atoms with Crippen molar-refractivity contribution < 1.29 is 23.9 Å². The van der Waals surface area contributed by atoms with Crippen LogP contribution in [0.1, 0.15) is 48.0 Å². The van der Waals surface area contributed by atoms with Crippen molar-refractivity contribution in [3.05, 3.63) is 39.8 Å². The van der Waals surface area contributed by atoms with Gasteiger partial charge in [0.25, 0.3) is 5.91 Å². The summed E-state index contributed by atoms with van der Waals surface area (Å²) in [7, 11) is 0. The van der Waals surface area contributed by atoms with Gasteiger partial charge in [-0.3, -0.25) is 29.4 Å². The molecule has 5 rings (SSSR count). The fourth-order valence-corrected chi connectivity index (χ4v) is 5.73. The molecule has 2 atom stereocenters. The van der Waals surface area contributed by atoms with Crippen molar-refractivity contribution in [1.29, 1.82) is 0 Å². The fraction of sp³-hybridized carbons (Fsp3) is 0.615. The van der Waals surface area contributed by atoms with E-state index in [9.17, 15) is 19.2 Å². The van der Waals surface area contributed by atoms with E-state index in [0.29, 0.717) is 43.0 Å². The summed E-state index contributed by atoms with van der Waals surface area (Å²) in [5.74, 6) is -1.17. The second-order valence-corrected chi connectivity index (χ2v) is 10.5. The normalized spacial score (nSPS) is 24.1. The molecule has 2 unspecified atom stereocenters. The number of anilines is 1. The Hall–Kier alpha value is -3.51. The zero-order valence-electron chi connectivity index (χ0n) is 21.9. The van der Waals surface area contributed by atoms with Crippen LogP contribution in [0.5, 0.6) is 0 Å². The van der Waals surface area contributed by atoms with Gasteiger partial charge in [-0.05, 0) is 56.4 Å². The minimum absolute atomic E-state index is 0.100. The molecule has 0 aliphatic carbocycles. The summed E-state index contributed by atoms with van der Waals surface area (Å²) in [5.41, 5.74) is 10.3. The molecule has 39 heavy (non-hydrogen) atoms. The molecule has 0 saturated carbocycles. The van der Waals surface area contributed by atoms with Crippen LogP contribution in [0.3, 0.4) is 0 Å². The Kier molecular flexibility index (Phi) is 8.41. The third-order valence-electron chi connectivity index (χ3n) is 8.12. The Morgan fingerprint density at radius 1 is 1.10 bits per heavy atom. The SMILES string of the molecule is [N-]=[N+]=NC1CCN(CCOCCN2CCC2C(=O)Nc2cccc3c2CN(C2CCC(=O)NC2=O)C3=O)CC1. The van der Waals surface area contributed by atoms with Crippen molar-refractivity contribution in [2.24, 2.45) is 5.11 Å². The van der Waals surface area contributed by atoms with Gasteiger partial charge in [0.2, 0.25) is 17.7 Å². The molecule has 0 radical (unpaired) electrons. The van der Waals surface area contributed by atoms with Crippen LogP contribution < -0.4 is 10.6 Å². The van der Waals surface area contributed by atoms with Crippen molar-refractivity contribution in [2.45, 2.75) is 56.8 Å². The summed E-state index contributed by atoms with van der Waals surface area (Å²) < 4.78 is 5.83. The van der Waals surface area contributed by atoms with Crippen molar-refractivity contribution in [3.8, 4) is 0 Å². The van der Waals surface area contributed by atoms with E-state index in [4.69, 9.17) is 10.3 Å². The van der Waals surface area contributed by atoms with Crippen LogP contribution in [-0.4, -0.2) is 102 Å². The zero-order chi connectivity index (χ0) is 27.4. The Morgan fingerprint density at radius 2 is 1.90 bits per heavy atom. The second kappa shape index (κ2) is 12.1. The second-order valence-electron chi connectivity index (χ2n) is 10.5. The van der Waals surface area contributed by atoms with Crippen molar-refractivity contribution in [1.82, 2.24) is 20.0 Å². The lowest BCUT2D eigenvalue weighted by molar-refractivity contribution is -0.137. The maximum absolute atomic E-state index is 13.1. The number of benzene rings is 1. The summed E-state index contributed by atoms with van der Waals surface area (Å²) in [6.45, 7) is 5.49. The predicted molar refractivity (Wildman–Crippen MR) is 141 cm³/mol. The van der Waals surface area contributed by atoms with E-state index in [0.717, 1.165) is 45.4 Å². The van der Waals surface area contributed by atoms with Gasteiger partial charge in [-0.15, -0.1) is 0 Å². The van der Waals surface area contributed by atoms with Gasteiger partial charge < -0.3 is 19.9 Å². The standard InChI is InChI=1S/C26H34N8O5/c27-31-30-17-6-9-32(10-7-17)12-14-39-15-13-33-11-8-21(33)24(36)28-20-3-1-2-18-19(20)16-34(26(18)38)22-4-5-23(35)29-25(22)37/h1-3,17,21-22H,4-16H2,(H,28,36)(H,29,35,37). The molecule has 1 aromatic carbocycles. The zero-order valence-corrected chi connectivity index (χ0v) is 21.9. The quantitative estimate of drug-likeness (QED) is 0.149. The van der Waals surface area contributed by atoms with Crippen molar-refractivity contribution >= 4 is 29.3 Å². The predicted octanol–water partition coefficient (Wildman–Crippen LogP) is 1.25. The number of carbonyl (C=O) groups is 4. The van der Waals surface area contributed by atoms with E-state index >= 15 is 0 Å². The number of imide groups is 1. The van der Waals surface area contributed by atoms with Gasteiger partial charge in [0.05, 0.1) is 19.3 Å². The highest BCUT2D eigenvalue weighted by atomic mass is 16.5. The molecular formula is C26H34N8O5. The average Bonchev–Trinajstić information content (AvgIpc) is 3.23. The lowest BCUT2D eigenvalue weighted by atomic mass is 10.0. The molecule has 3 fully saturated rings. The number of carbonyl (C=O) groups excluding carboxylic acids is 4. The number of nitrogens with zero attached hydrogens (tertiary/aromatic N) is 6. The molecule has 0 spiro atoms. The monoisotopic (exact) mass is 538 g/mol. The Balaban J connectivity index is 1.07. The first-order valence-electron chi connectivity index (χ1n) is 13.6. The van der Waals surface area contributed by atoms with Crippen LogP contribution in [0.25, 0.3) is 10.4 Å². The van der Waals surface area contributed by atoms with Gasteiger partial charge in [0.1, 0.15) is 6.04 Å². The largest absolute Gasteiger partial charge is 0.379 e. The number of azide groups is 1. The highest BCUT2D eigenvalue weighted by Gasteiger charge is 2.40. The van der Waals surface area contributed by atoms with E-state index in [2.05, 4.69) is 30.5 Å². The average molecular weight is 539 g/mol. The first-order chi connectivity index (χ1) is 18.9. The number of amides is 4. The van der Waals surface area contributed by atoms with E-state index in [1.807, 2.05) is 0 Å². The lowest BCUT2D eigenvalue weighted by Crippen LogP contribution is -2.55. The molecule has 2 N–H and O–H groups in total. The molecule has 3 saturated heterocycles. The summed E-state index contributed by atoms with van der Waals surface area (Å²) >= 11 is 0. The van der Waals surface area contributed by atoms with E-state index in [-0.39, 0.29) is 42.8 Å². The van der Waals surface area contributed by atoms with E-state index in [1.165, 1.54) is 4.90 Å².